The molecule has 7 heteroatoms. The molecule has 0 aliphatic carbocycles. The van der Waals surface area contributed by atoms with Gasteiger partial charge in [0.25, 0.3) is 0 Å². The Morgan fingerprint density at radius 2 is 1.00 bits per heavy atom. The average molecular weight is 132 g/mol. The zero-order chi connectivity index (χ0) is 3.58. The third kappa shape index (κ3) is 8970. The van der Waals surface area contributed by atoms with E-state index in [1.165, 1.54) is 0 Å². The molecule has 0 saturated heterocycles. The molecule has 0 saturated carbocycles. The molecule has 0 atom stereocenters. The lowest BCUT2D eigenvalue weighted by Gasteiger charge is -1.34. The molecular formula is H11N3O3P+. The summed E-state index contributed by atoms with van der Waals surface area (Å²) in [5, 5.41) is 0. The lowest BCUT2D eigenvalue weighted by atomic mass is 14.0. The maximum absolute atomic E-state index is 8.70. The molecule has 0 amide bonds. The Kier molecular flexibility index (Phi) is 68.7. The third-order valence-corrected chi connectivity index (χ3v) is 0. The molecule has 0 aromatic carbocycles. The van der Waals surface area contributed by atoms with E-state index in [0.717, 1.165) is 0 Å². The Balaban J connectivity index is -0.0000000150. The van der Waals surface area contributed by atoms with Crippen molar-refractivity contribution >= 4 is 8.25 Å². The molecular weight excluding hydrogens is 121 g/mol. The van der Waals surface area contributed by atoms with E-state index in [1.54, 1.807) is 0 Å². The van der Waals surface area contributed by atoms with E-state index >= 15 is 0 Å². The fourth-order valence-corrected chi connectivity index (χ4v) is 0. The molecule has 0 bridgehead atoms. The van der Waals surface area contributed by atoms with Gasteiger partial charge in [-0.05, 0) is 0 Å². The van der Waals surface area contributed by atoms with Gasteiger partial charge in [0.1, 0.15) is 0 Å². The zero-order valence-corrected chi connectivity index (χ0v) is 4.77. The summed E-state index contributed by atoms with van der Waals surface area (Å²) in [7, 11) is -2.87. The molecule has 0 aliphatic heterocycles. The van der Waals surface area contributed by atoms with Crippen molar-refractivity contribution in [2.24, 2.45) is 0 Å². The van der Waals surface area contributed by atoms with Crippen LogP contribution in [0.15, 0.2) is 0 Å². The largest absolute Gasteiger partial charge is 0.692 e. The predicted octanol–water partition coefficient (Wildman–Crippen LogP) is 0.114. The second-order valence-corrected chi connectivity index (χ2v) is 0.758. The number of hydrogen-bond donors (Lipinski definition) is 5. The summed E-state index contributed by atoms with van der Waals surface area (Å²) in [6, 6.07) is 0. The van der Waals surface area contributed by atoms with Gasteiger partial charge in [-0.15, -0.1) is 9.79 Å². The first kappa shape index (κ1) is 28.6. The summed E-state index contributed by atoms with van der Waals surface area (Å²) < 4.78 is 8.70. The molecule has 0 aliphatic rings. The molecule has 0 rings (SSSR count). The van der Waals surface area contributed by atoms with Gasteiger partial charge in [0.2, 0.25) is 0 Å². The summed E-state index contributed by atoms with van der Waals surface area (Å²) >= 11 is 0. The summed E-state index contributed by atoms with van der Waals surface area (Å²) in [5.41, 5.74) is 0. The molecule has 48 valence electrons. The van der Waals surface area contributed by atoms with Crippen LogP contribution >= 0.6 is 8.25 Å². The molecule has 0 unspecified atom stereocenters. The summed E-state index contributed by atoms with van der Waals surface area (Å²) in [4.78, 5) is 14.2. The minimum atomic E-state index is -2.87. The van der Waals surface area contributed by atoms with Gasteiger partial charge in [-0.3, -0.25) is 0 Å². The van der Waals surface area contributed by atoms with Crippen molar-refractivity contribution in [3.05, 3.63) is 0 Å². The van der Waals surface area contributed by atoms with E-state index in [9.17, 15) is 0 Å². The van der Waals surface area contributed by atoms with Crippen molar-refractivity contribution < 1.29 is 14.4 Å². The Hall–Kier alpha value is -0.100. The highest BCUT2D eigenvalue weighted by molar-refractivity contribution is 7.30. The van der Waals surface area contributed by atoms with Crippen LogP contribution in [0.2, 0.25) is 0 Å². The smallest absolute Gasteiger partial charge is 0.344 e. The molecule has 0 heterocycles. The van der Waals surface area contributed by atoms with Gasteiger partial charge in [-0.2, -0.15) is 0 Å². The Bertz CT molecular complexity index is 33.2. The van der Waals surface area contributed by atoms with E-state index in [4.69, 9.17) is 14.4 Å². The molecule has 0 fully saturated rings. The van der Waals surface area contributed by atoms with Gasteiger partial charge in [0.05, 0.1) is 0 Å². The SMILES string of the molecule is N.N.N.O=[P+](O)O. The summed E-state index contributed by atoms with van der Waals surface area (Å²) in [6.45, 7) is 0. The Labute approximate surface area is 42.2 Å². The summed E-state index contributed by atoms with van der Waals surface area (Å²) in [6.07, 6.45) is 0. The fraction of sp³-hybridized carbons (Fsp3) is 0. The minimum Gasteiger partial charge on any atom is -0.344 e. The maximum Gasteiger partial charge on any atom is 0.692 e. The first-order chi connectivity index (χ1) is 1.73. The van der Waals surface area contributed by atoms with Crippen LogP contribution in [0.5, 0.6) is 0 Å². The fourth-order valence-electron chi connectivity index (χ4n) is 0. The first-order valence-electron chi connectivity index (χ1n) is 0.583. The van der Waals surface area contributed by atoms with E-state index in [0.29, 0.717) is 0 Å². The number of rotatable bonds is 0. The van der Waals surface area contributed by atoms with Crippen LogP contribution in [0, 0.1) is 0 Å². The minimum absolute atomic E-state index is 0. The lowest BCUT2D eigenvalue weighted by molar-refractivity contribution is 0.405. The van der Waals surface area contributed by atoms with E-state index < -0.39 is 8.25 Å². The van der Waals surface area contributed by atoms with Crippen molar-refractivity contribution in [3.8, 4) is 0 Å². The first-order valence-corrected chi connectivity index (χ1v) is 1.75. The van der Waals surface area contributed by atoms with Crippen LogP contribution in [0.3, 0.4) is 0 Å². The van der Waals surface area contributed by atoms with E-state index in [2.05, 4.69) is 0 Å². The normalized spacial score (nSPS) is 3.71. The molecule has 0 aromatic heterocycles. The molecule has 0 radical (unpaired) electrons. The van der Waals surface area contributed by atoms with Crippen molar-refractivity contribution in [1.29, 1.82) is 0 Å². The Morgan fingerprint density at radius 1 is 1.00 bits per heavy atom. The van der Waals surface area contributed by atoms with Crippen LogP contribution < -0.4 is 18.5 Å². The monoisotopic (exact) mass is 132 g/mol. The van der Waals surface area contributed by atoms with E-state index in [1.807, 2.05) is 0 Å². The van der Waals surface area contributed by atoms with Crippen molar-refractivity contribution in [3.63, 3.8) is 0 Å². The van der Waals surface area contributed by atoms with Crippen molar-refractivity contribution in [1.82, 2.24) is 18.5 Å². The van der Waals surface area contributed by atoms with Gasteiger partial charge < -0.3 is 18.5 Å². The van der Waals surface area contributed by atoms with Crippen LogP contribution in [0.1, 0.15) is 0 Å². The van der Waals surface area contributed by atoms with E-state index in [-0.39, 0.29) is 18.5 Å². The second kappa shape index (κ2) is 16.8. The highest BCUT2D eigenvalue weighted by Crippen LogP contribution is 1.98. The predicted molar refractivity (Wildman–Crippen MR) is 27.1 cm³/mol. The van der Waals surface area contributed by atoms with Crippen LogP contribution in [0.4, 0.5) is 0 Å². The molecule has 7 heavy (non-hydrogen) atoms. The maximum atomic E-state index is 8.70. The van der Waals surface area contributed by atoms with Gasteiger partial charge in [-0.1, -0.05) is 0 Å². The van der Waals surface area contributed by atoms with Gasteiger partial charge >= 0.3 is 8.25 Å². The van der Waals surface area contributed by atoms with Crippen molar-refractivity contribution in [2.45, 2.75) is 0 Å². The second-order valence-electron chi connectivity index (χ2n) is 0.253. The van der Waals surface area contributed by atoms with Crippen LogP contribution in [0.25, 0.3) is 0 Å². The highest BCUT2D eigenvalue weighted by atomic mass is 31.1. The van der Waals surface area contributed by atoms with Gasteiger partial charge in [0.15, 0.2) is 0 Å². The van der Waals surface area contributed by atoms with Gasteiger partial charge in [-0.25, -0.2) is 0 Å². The number of hydrogen-bond acceptors (Lipinski definition) is 4. The zero-order valence-electron chi connectivity index (χ0n) is 3.87. The molecule has 11 N–H and O–H groups in total. The van der Waals surface area contributed by atoms with Gasteiger partial charge in [0, 0.05) is 4.57 Å². The third-order valence-electron chi connectivity index (χ3n) is 0. The molecule has 0 aromatic rings. The molecule has 6 nitrogen and oxygen atoms in total. The molecule has 0 spiro atoms. The van der Waals surface area contributed by atoms with Crippen LogP contribution in [-0.4, -0.2) is 9.79 Å². The topological polar surface area (TPSA) is 163 Å². The highest BCUT2D eigenvalue weighted by Gasteiger charge is 1.93. The van der Waals surface area contributed by atoms with Crippen LogP contribution in [-0.2, 0) is 4.57 Å². The quantitative estimate of drug-likeness (QED) is 0.293. The standard InChI is InChI=1S/3H3N.HO3P/c;;;1-4(2)3/h3*1H3;(H-,1,2,3)/p+1. The average Bonchev–Trinajstić information content (AvgIpc) is 0.811. The van der Waals surface area contributed by atoms with Crippen molar-refractivity contribution in [2.75, 3.05) is 0 Å². The summed E-state index contributed by atoms with van der Waals surface area (Å²) in [5.74, 6) is 0. The Morgan fingerprint density at radius 3 is 1.00 bits per heavy atom. The lowest BCUT2D eigenvalue weighted by Crippen LogP contribution is -1.38.